The Bertz CT molecular complexity index is 1290. The minimum Gasteiger partial charge on any atom is -0.463 e. The monoisotopic (exact) mass is 600 g/mol. The van der Waals surface area contributed by atoms with Crippen molar-refractivity contribution in [1.29, 1.82) is 0 Å². The number of hydrogen-bond acceptors (Lipinski definition) is 10. The number of esters is 3. The smallest absolute Gasteiger partial charge is 0.303 e. The number of benzene rings is 1. The second-order valence-electron chi connectivity index (χ2n) is 7.94. The zero-order chi connectivity index (χ0) is 27.4. The number of hydrogen-bond donors (Lipinski definition) is 0. The van der Waals surface area contributed by atoms with E-state index in [0.29, 0.717) is 15.4 Å². The Morgan fingerprint density at radius 1 is 1.11 bits per heavy atom. The molecule has 0 radical (unpaired) electrons. The van der Waals surface area contributed by atoms with Crippen LogP contribution in [0, 0.1) is 0 Å². The van der Waals surface area contributed by atoms with Gasteiger partial charge in [-0.25, -0.2) is 0 Å². The summed E-state index contributed by atoms with van der Waals surface area (Å²) in [4.78, 5) is 50.3. The van der Waals surface area contributed by atoms with Gasteiger partial charge in [0.25, 0.3) is 0 Å². The van der Waals surface area contributed by atoms with E-state index in [1.807, 2.05) is 0 Å². The van der Waals surface area contributed by atoms with Crippen LogP contribution in [0.25, 0.3) is 21.3 Å². The summed E-state index contributed by atoms with van der Waals surface area (Å²) in [6.07, 6.45) is -3.95. The Morgan fingerprint density at radius 2 is 1.76 bits per heavy atom. The molecule has 15 heteroatoms. The van der Waals surface area contributed by atoms with Crippen molar-refractivity contribution in [2.75, 3.05) is 6.61 Å². The molecule has 1 saturated heterocycles. The molecule has 1 aliphatic heterocycles. The third-order valence-electron chi connectivity index (χ3n) is 5.26. The van der Waals surface area contributed by atoms with Crippen molar-refractivity contribution in [3.05, 3.63) is 38.3 Å². The molecule has 37 heavy (non-hydrogen) atoms. The fourth-order valence-electron chi connectivity index (χ4n) is 3.87. The molecule has 13 nitrogen and oxygen atoms in total. The van der Waals surface area contributed by atoms with E-state index < -0.39 is 55.2 Å². The van der Waals surface area contributed by atoms with Gasteiger partial charge in [-0.1, -0.05) is 16.7 Å². The molecule has 1 fully saturated rings. The topological polar surface area (TPSA) is 168 Å². The van der Waals surface area contributed by atoms with Crippen LogP contribution < -0.4 is 4.74 Å². The number of nitrogens with zero attached hydrogens (tertiary/aromatic N) is 4. The molecule has 3 rings (SSSR count). The van der Waals surface area contributed by atoms with E-state index in [1.54, 1.807) is 12.1 Å². The summed E-state index contributed by atoms with van der Waals surface area (Å²) >= 11 is 9.83. The average molecular weight is 602 g/mol. The standard InChI is InChI=1S/C22H22BrClN4O9/c1-9(29)28-7-15(17-14(28)6-5-13(23)18(17)24)36-22-19(26-27-25)21(35-12(4)32)20(34-11(3)31)16(37-22)8-33-10(2)30/h5-7,16,19-22H,8H2,1-4H3/t16-,19-,20+,21-,22?/m1/s1. The van der Waals surface area contributed by atoms with Crippen LogP contribution >= 0.6 is 27.5 Å². The molecule has 0 bridgehead atoms. The van der Waals surface area contributed by atoms with Gasteiger partial charge in [0.15, 0.2) is 12.2 Å². The minimum absolute atomic E-state index is 0.0818. The summed E-state index contributed by atoms with van der Waals surface area (Å²) in [7, 11) is 0. The molecule has 2 heterocycles. The number of rotatable bonds is 7. The molecular formula is C22H22BrClN4O9. The summed E-state index contributed by atoms with van der Waals surface area (Å²) in [5.41, 5.74) is 9.68. The zero-order valence-electron chi connectivity index (χ0n) is 20.0. The molecule has 1 aliphatic rings. The summed E-state index contributed by atoms with van der Waals surface area (Å²) in [5, 5.41) is 4.26. The van der Waals surface area contributed by atoms with Crippen LogP contribution in [-0.4, -0.2) is 65.6 Å². The van der Waals surface area contributed by atoms with E-state index in [-0.39, 0.29) is 16.7 Å². The summed E-state index contributed by atoms with van der Waals surface area (Å²) in [5.74, 6) is -2.43. The van der Waals surface area contributed by atoms with Gasteiger partial charge in [0.05, 0.1) is 22.1 Å². The van der Waals surface area contributed by atoms with Gasteiger partial charge in [0.1, 0.15) is 24.5 Å². The fraction of sp³-hybridized carbons (Fsp3) is 0.455. The average Bonchev–Trinajstić information content (AvgIpc) is 3.17. The van der Waals surface area contributed by atoms with Crippen LogP contribution in [0.5, 0.6) is 5.75 Å². The second kappa shape index (κ2) is 11.8. The predicted octanol–water partition coefficient (Wildman–Crippen LogP) is 3.93. The van der Waals surface area contributed by atoms with E-state index >= 15 is 0 Å². The van der Waals surface area contributed by atoms with Gasteiger partial charge in [0.2, 0.25) is 12.2 Å². The number of halogens is 2. The minimum atomic E-state index is -1.45. The largest absolute Gasteiger partial charge is 0.463 e. The van der Waals surface area contributed by atoms with Gasteiger partial charge in [-0.15, -0.1) is 0 Å². The van der Waals surface area contributed by atoms with Crippen molar-refractivity contribution >= 4 is 62.2 Å². The lowest BCUT2D eigenvalue weighted by atomic mass is 9.96. The maximum atomic E-state index is 12.2. The Hall–Kier alpha value is -3.32. The molecule has 0 spiro atoms. The number of azide groups is 1. The molecule has 1 unspecified atom stereocenters. The van der Waals surface area contributed by atoms with Crippen molar-refractivity contribution in [3.8, 4) is 5.75 Å². The predicted molar refractivity (Wildman–Crippen MR) is 131 cm³/mol. The normalized spacial score (nSPS) is 23.0. The molecule has 1 aromatic heterocycles. The molecular weight excluding hydrogens is 580 g/mol. The summed E-state index contributed by atoms with van der Waals surface area (Å²) < 4.78 is 29.6. The highest BCUT2D eigenvalue weighted by Crippen LogP contribution is 2.40. The number of carbonyl (C=O) groups is 4. The Morgan fingerprint density at radius 3 is 2.32 bits per heavy atom. The van der Waals surface area contributed by atoms with Crippen molar-refractivity contribution in [2.24, 2.45) is 5.11 Å². The van der Waals surface area contributed by atoms with E-state index in [4.69, 9.17) is 35.3 Å². The molecule has 2 aromatic rings. The highest BCUT2D eigenvalue weighted by atomic mass is 79.9. The van der Waals surface area contributed by atoms with Gasteiger partial charge in [-0.05, 0) is 33.6 Å². The van der Waals surface area contributed by atoms with Gasteiger partial charge in [0, 0.05) is 37.1 Å². The SMILES string of the molecule is CC(=O)OC[C@H]1OC(Oc2cn(C(C)=O)c3ccc(Br)c(Cl)c23)[C@H](N=[N+]=[N-])[C@@H](OC(C)=O)[C@H]1OC(C)=O. The van der Waals surface area contributed by atoms with E-state index in [2.05, 4.69) is 26.0 Å². The fourth-order valence-corrected chi connectivity index (χ4v) is 4.45. The number of carbonyl (C=O) groups excluding carboxylic acids is 4. The zero-order valence-corrected chi connectivity index (χ0v) is 22.4. The van der Waals surface area contributed by atoms with Crippen molar-refractivity contribution in [1.82, 2.24) is 4.57 Å². The molecule has 1 aromatic carbocycles. The number of fused-ring (bicyclic) bond motifs is 1. The maximum absolute atomic E-state index is 12.2. The lowest BCUT2D eigenvalue weighted by molar-refractivity contribution is -0.252. The Labute approximate surface area is 223 Å². The highest BCUT2D eigenvalue weighted by Gasteiger charge is 2.51. The molecule has 198 valence electrons. The third-order valence-corrected chi connectivity index (χ3v) is 6.54. The first-order chi connectivity index (χ1) is 17.4. The van der Waals surface area contributed by atoms with Crippen LogP contribution in [0.3, 0.4) is 0 Å². The first-order valence-corrected chi connectivity index (χ1v) is 12.0. The summed E-state index contributed by atoms with van der Waals surface area (Å²) in [6.45, 7) is 4.34. The lowest BCUT2D eigenvalue weighted by Crippen LogP contribution is -2.62. The van der Waals surface area contributed by atoms with Crippen molar-refractivity contribution in [3.63, 3.8) is 0 Å². The van der Waals surface area contributed by atoms with E-state index in [1.165, 1.54) is 24.6 Å². The third kappa shape index (κ3) is 6.34. The molecule has 0 aliphatic carbocycles. The second-order valence-corrected chi connectivity index (χ2v) is 9.18. The summed E-state index contributed by atoms with van der Waals surface area (Å²) in [6, 6.07) is 1.94. The highest BCUT2D eigenvalue weighted by molar-refractivity contribution is 9.10. The van der Waals surface area contributed by atoms with E-state index in [9.17, 15) is 24.7 Å². The lowest BCUT2D eigenvalue weighted by Gasteiger charge is -2.43. The number of ether oxygens (including phenoxy) is 5. The van der Waals surface area contributed by atoms with Crippen LogP contribution in [0.4, 0.5) is 0 Å². The van der Waals surface area contributed by atoms with Crippen molar-refractivity contribution in [2.45, 2.75) is 58.3 Å². The first-order valence-electron chi connectivity index (χ1n) is 10.8. The van der Waals surface area contributed by atoms with Crippen LogP contribution in [0.1, 0.15) is 32.5 Å². The first kappa shape index (κ1) is 28.3. The Balaban J connectivity index is 2.13. The van der Waals surface area contributed by atoms with E-state index in [0.717, 1.165) is 13.8 Å². The maximum Gasteiger partial charge on any atom is 0.303 e. The number of aromatic nitrogens is 1. The molecule has 0 saturated carbocycles. The van der Waals surface area contributed by atoms with Crippen molar-refractivity contribution < 1.29 is 42.9 Å². The molecule has 5 atom stereocenters. The molecule has 0 amide bonds. The van der Waals surface area contributed by atoms with Gasteiger partial charge >= 0.3 is 17.9 Å². The van der Waals surface area contributed by atoms with Crippen LogP contribution in [-0.2, 0) is 33.3 Å². The Kier molecular flexibility index (Phi) is 9.02. The van der Waals surface area contributed by atoms with Crippen LogP contribution in [0.15, 0.2) is 27.9 Å². The van der Waals surface area contributed by atoms with Gasteiger partial charge in [-0.2, -0.15) is 0 Å². The van der Waals surface area contributed by atoms with Crippen LogP contribution in [0.2, 0.25) is 5.02 Å². The van der Waals surface area contributed by atoms with Gasteiger partial charge in [-0.3, -0.25) is 23.7 Å². The quantitative estimate of drug-likeness (QED) is 0.150. The molecule has 0 N–H and O–H groups in total. The van der Waals surface area contributed by atoms with Gasteiger partial charge < -0.3 is 23.7 Å².